The van der Waals surface area contributed by atoms with Crippen molar-refractivity contribution in [1.29, 1.82) is 0 Å². The van der Waals surface area contributed by atoms with Gasteiger partial charge in [0.05, 0.1) is 6.04 Å². The first kappa shape index (κ1) is 14.5. The lowest BCUT2D eigenvalue weighted by Crippen LogP contribution is -2.22. The van der Waals surface area contributed by atoms with E-state index < -0.39 is 0 Å². The highest BCUT2D eigenvalue weighted by Gasteiger charge is 2.16. The molecule has 1 N–H and O–H groups in total. The molecule has 0 fully saturated rings. The Morgan fingerprint density at radius 1 is 1.32 bits per heavy atom. The molecule has 0 amide bonds. The summed E-state index contributed by atoms with van der Waals surface area (Å²) in [7, 11) is 0. The SMILES string of the molecule is CCNC(c1ccc(C)nc1)c1cc(Cl)ccc1Br. The van der Waals surface area contributed by atoms with Crippen molar-refractivity contribution >= 4 is 27.5 Å². The van der Waals surface area contributed by atoms with Crippen LogP contribution < -0.4 is 5.32 Å². The number of pyridine rings is 1. The van der Waals surface area contributed by atoms with Gasteiger partial charge in [-0.25, -0.2) is 0 Å². The van der Waals surface area contributed by atoms with E-state index in [0.717, 1.165) is 32.9 Å². The van der Waals surface area contributed by atoms with Crippen LogP contribution in [0.2, 0.25) is 5.02 Å². The molecule has 19 heavy (non-hydrogen) atoms. The second-order valence-corrected chi connectivity index (χ2v) is 5.68. The topological polar surface area (TPSA) is 24.9 Å². The number of benzene rings is 1. The van der Waals surface area contributed by atoms with E-state index in [1.807, 2.05) is 37.4 Å². The van der Waals surface area contributed by atoms with Crippen molar-refractivity contribution < 1.29 is 0 Å². The van der Waals surface area contributed by atoms with E-state index in [4.69, 9.17) is 11.6 Å². The molecule has 100 valence electrons. The van der Waals surface area contributed by atoms with Gasteiger partial charge in [-0.3, -0.25) is 4.98 Å². The minimum atomic E-state index is 0.0891. The van der Waals surface area contributed by atoms with Gasteiger partial charge in [-0.05, 0) is 48.9 Å². The second-order valence-electron chi connectivity index (χ2n) is 4.39. The summed E-state index contributed by atoms with van der Waals surface area (Å²) in [6.07, 6.45) is 1.91. The van der Waals surface area contributed by atoms with Gasteiger partial charge in [-0.1, -0.05) is 40.5 Å². The molecule has 0 radical (unpaired) electrons. The highest BCUT2D eigenvalue weighted by atomic mass is 79.9. The lowest BCUT2D eigenvalue weighted by molar-refractivity contribution is 0.626. The highest BCUT2D eigenvalue weighted by molar-refractivity contribution is 9.10. The van der Waals surface area contributed by atoms with Crippen molar-refractivity contribution in [2.75, 3.05) is 6.54 Å². The number of halogens is 2. The molecule has 1 heterocycles. The van der Waals surface area contributed by atoms with Crippen molar-refractivity contribution in [3.05, 3.63) is 62.8 Å². The summed E-state index contributed by atoms with van der Waals surface area (Å²) >= 11 is 9.70. The Morgan fingerprint density at radius 2 is 2.11 bits per heavy atom. The maximum Gasteiger partial charge on any atom is 0.0603 e. The van der Waals surface area contributed by atoms with Crippen LogP contribution in [0.3, 0.4) is 0 Å². The van der Waals surface area contributed by atoms with Crippen LogP contribution in [-0.2, 0) is 0 Å². The largest absolute Gasteiger partial charge is 0.306 e. The Bertz CT molecular complexity index is 555. The van der Waals surface area contributed by atoms with E-state index in [1.165, 1.54) is 0 Å². The van der Waals surface area contributed by atoms with E-state index >= 15 is 0 Å². The Morgan fingerprint density at radius 3 is 2.74 bits per heavy atom. The molecule has 4 heteroatoms. The van der Waals surface area contributed by atoms with Gasteiger partial charge < -0.3 is 5.32 Å². The molecule has 0 saturated carbocycles. The number of nitrogens with one attached hydrogen (secondary N) is 1. The van der Waals surface area contributed by atoms with E-state index in [2.05, 4.69) is 39.2 Å². The van der Waals surface area contributed by atoms with Gasteiger partial charge in [0.15, 0.2) is 0 Å². The Balaban J connectivity index is 2.44. The zero-order valence-corrected chi connectivity index (χ0v) is 13.3. The lowest BCUT2D eigenvalue weighted by atomic mass is 10.00. The number of aromatic nitrogens is 1. The van der Waals surface area contributed by atoms with Crippen LogP contribution in [0.1, 0.15) is 29.8 Å². The Hall–Kier alpha value is -0.900. The van der Waals surface area contributed by atoms with E-state index in [9.17, 15) is 0 Å². The Kier molecular flexibility index (Phi) is 4.97. The first-order valence-electron chi connectivity index (χ1n) is 6.22. The third kappa shape index (κ3) is 3.56. The van der Waals surface area contributed by atoms with E-state index in [-0.39, 0.29) is 6.04 Å². The summed E-state index contributed by atoms with van der Waals surface area (Å²) in [5.74, 6) is 0. The number of hydrogen-bond acceptors (Lipinski definition) is 2. The van der Waals surface area contributed by atoms with Gasteiger partial charge >= 0.3 is 0 Å². The highest BCUT2D eigenvalue weighted by Crippen LogP contribution is 2.30. The smallest absolute Gasteiger partial charge is 0.0603 e. The lowest BCUT2D eigenvalue weighted by Gasteiger charge is -2.20. The fourth-order valence-electron chi connectivity index (χ4n) is 2.00. The van der Waals surface area contributed by atoms with Crippen LogP contribution in [0, 0.1) is 6.92 Å². The molecule has 1 aromatic carbocycles. The first-order valence-corrected chi connectivity index (χ1v) is 7.39. The van der Waals surface area contributed by atoms with E-state index in [1.54, 1.807) is 0 Å². The van der Waals surface area contributed by atoms with E-state index in [0.29, 0.717) is 0 Å². The molecule has 0 aliphatic rings. The molecule has 2 aromatic rings. The molecule has 0 spiro atoms. The van der Waals surface area contributed by atoms with Gasteiger partial charge in [0, 0.05) is 21.4 Å². The van der Waals surface area contributed by atoms with Crippen LogP contribution in [0.25, 0.3) is 0 Å². The van der Waals surface area contributed by atoms with Crippen molar-refractivity contribution in [2.24, 2.45) is 0 Å². The standard InChI is InChI=1S/C15H16BrClN2/c1-3-18-15(11-5-4-10(2)19-9-11)13-8-12(17)6-7-14(13)16/h4-9,15,18H,3H2,1-2H3. The molecule has 0 saturated heterocycles. The molecule has 1 atom stereocenters. The summed E-state index contributed by atoms with van der Waals surface area (Å²) in [4.78, 5) is 4.37. The van der Waals surface area contributed by atoms with Crippen molar-refractivity contribution in [2.45, 2.75) is 19.9 Å². The molecular weight excluding hydrogens is 324 g/mol. The molecule has 0 aliphatic heterocycles. The fourth-order valence-corrected chi connectivity index (χ4v) is 2.65. The van der Waals surface area contributed by atoms with Gasteiger partial charge in [0.1, 0.15) is 0 Å². The predicted molar refractivity (Wildman–Crippen MR) is 83.6 cm³/mol. The normalized spacial score (nSPS) is 12.4. The van der Waals surface area contributed by atoms with Gasteiger partial charge in [-0.15, -0.1) is 0 Å². The maximum absolute atomic E-state index is 6.11. The summed E-state index contributed by atoms with van der Waals surface area (Å²) in [6.45, 7) is 4.95. The number of rotatable bonds is 4. The van der Waals surface area contributed by atoms with Crippen molar-refractivity contribution in [3.63, 3.8) is 0 Å². The molecule has 0 aliphatic carbocycles. The van der Waals surface area contributed by atoms with Gasteiger partial charge in [-0.2, -0.15) is 0 Å². The molecule has 2 rings (SSSR count). The van der Waals surface area contributed by atoms with Crippen molar-refractivity contribution in [1.82, 2.24) is 10.3 Å². The second kappa shape index (κ2) is 6.51. The van der Waals surface area contributed by atoms with Crippen LogP contribution >= 0.6 is 27.5 Å². The number of hydrogen-bond donors (Lipinski definition) is 1. The number of aryl methyl sites for hydroxylation is 1. The van der Waals surface area contributed by atoms with Gasteiger partial charge in [0.25, 0.3) is 0 Å². The van der Waals surface area contributed by atoms with Crippen LogP contribution in [0.15, 0.2) is 41.0 Å². The third-order valence-electron chi connectivity index (χ3n) is 2.94. The van der Waals surface area contributed by atoms with Crippen molar-refractivity contribution in [3.8, 4) is 0 Å². The van der Waals surface area contributed by atoms with Crippen LogP contribution in [0.5, 0.6) is 0 Å². The average Bonchev–Trinajstić information content (AvgIpc) is 2.40. The summed E-state index contributed by atoms with van der Waals surface area (Å²) in [5, 5.41) is 4.21. The average molecular weight is 340 g/mol. The first-order chi connectivity index (χ1) is 9.11. The fraction of sp³-hybridized carbons (Fsp3) is 0.267. The molecule has 1 aromatic heterocycles. The predicted octanol–water partition coefficient (Wildman–Crippen LogP) is 4.50. The third-order valence-corrected chi connectivity index (χ3v) is 3.90. The summed E-state index contributed by atoms with van der Waals surface area (Å²) in [5.41, 5.74) is 3.28. The summed E-state index contributed by atoms with van der Waals surface area (Å²) < 4.78 is 1.04. The zero-order valence-electron chi connectivity index (χ0n) is 11.0. The molecule has 0 bridgehead atoms. The minimum Gasteiger partial charge on any atom is -0.306 e. The Labute approximate surface area is 127 Å². The van der Waals surface area contributed by atoms with Crippen LogP contribution in [0.4, 0.5) is 0 Å². The van der Waals surface area contributed by atoms with Crippen LogP contribution in [-0.4, -0.2) is 11.5 Å². The zero-order chi connectivity index (χ0) is 13.8. The minimum absolute atomic E-state index is 0.0891. The molecule has 2 nitrogen and oxygen atoms in total. The summed E-state index contributed by atoms with van der Waals surface area (Å²) in [6, 6.07) is 10.1. The molecule has 1 unspecified atom stereocenters. The number of nitrogens with zero attached hydrogens (tertiary/aromatic N) is 1. The van der Waals surface area contributed by atoms with Gasteiger partial charge in [0.2, 0.25) is 0 Å². The molecular formula is C15H16BrClN2. The monoisotopic (exact) mass is 338 g/mol. The quantitative estimate of drug-likeness (QED) is 0.887. The maximum atomic E-state index is 6.11.